The quantitative estimate of drug-likeness (QED) is 0.609. The first-order valence-corrected chi connectivity index (χ1v) is 4.92. The van der Waals surface area contributed by atoms with Crippen molar-refractivity contribution >= 4 is 0 Å². The summed E-state index contributed by atoms with van der Waals surface area (Å²) in [5.41, 5.74) is 1.18. The molecule has 13 heavy (non-hydrogen) atoms. The van der Waals surface area contributed by atoms with Crippen molar-refractivity contribution in [2.45, 2.75) is 39.7 Å². The monoisotopic (exact) mass is 184 g/mol. The van der Waals surface area contributed by atoms with Crippen LogP contribution in [0.5, 0.6) is 0 Å². The lowest BCUT2D eigenvalue weighted by Gasteiger charge is -2.32. The zero-order valence-electron chi connectivity index (χ0n) is 8.75. The minimum atomic E-state index is -0.397. The molecule has 0 fully saturated rings. The summed E-state index contributed by atoms with van der Waals surface area (Å²) in [5, 5.41) is 19.2. The van der Waals surface area contributed by atoms with Gasteiger partial charge in [-0.2, -0.15) is 0 Å². The van der Waals surface area contributed by atoms with E-state index in [2.05, 4.69) is 26.8 Å². The predicted molar refractivity (Wildman–Crippen MR) is 53.4 cm³/mol. The van der Waals surface area contributed by atoms with E-state index in [-0.39, 0.29) is 17.9 Å². The van der Waals surface area contributed by atoms with Gasteiger partial charge < -0.3 is 10.2 Å². The largest absolute Gasteiger partial charge is 0.396 e. The highest BCUT2D eigenvalue weighted by atomic mass is 16.3. The van der Waals surface area contributed by atoms with E-state index in [9.17, 15) is 5.11 Å². The van der Waals surface area contributed by atoms with Gasteiger partial charge >= 0.3 is 0 Å². The highest BCUT2D eigenvalue weighted by molar-refractivity contribution is 5.07. The van der Waals surface area contributed by atoms with Crippen LogP contribution in [0, 0.1) is 11.3 Å². The Morgan fingerprint density at radius 1 is 1.54 bits per heavy atom. The summed E-state index contributed by atoms with van der Waals surface area (Å²) in [5.74, 6) is 0.00810. The van der Waals surface area contributed by atoms with Crippen LogP contribution in [0.2, 0.25) is 0 Å². The maximum Gasteiger partial charge on any atom is 0.0647 e. The second kappa shape index (κ2) is 3.81. The third-order valence-corrected chi connectivity index (χ3v) is 3.04. The summed E-state index contributed by atoms with van der Waals surface area (Å²) in [6.45, 7) is 6.25. The molecule has 0 aromatic heterocycles. The van der Waals surface area contributed by atoms with Crippen LogP contribution in [0.25, 0.3) is 0 Å². The van der Waals surface area contributed by atoms with Crippen LogP contribution < -0.4 is 0 Å². The highest BCUT2D eigenvalue weighted by Gasteiger charge is 2.34. The molecule has 0 bridgehead atoms. The molecule has 0 amide bonds. The van der Waals surface area contributed by atoms with Crippen LogP contribution in [0.15, 0.2) is 11.6 Å². The van der Waals surface area contributed by atoms with Gasteiger partial charge in [0.25, 0.3) is 0 Å². The maximum atomic E-state index is 10.0. The molecule has 0 aromatic rings. The van der Waals surface area contributed by atoms with E-state index in [0.29, 0.717) is 0 Å². The number of rotatable bonds is 1. The summed E-state index contributed by atoms with van der Waals surface area (Å²) in [4.78, 5) is 0. The van der Waals surface area contributed by atoms with Crippen molar-refractivity contribution in [3.05, 3.63) is 11.6 Å². The number of aliphatic hydroxyl groups is 2. The molecule has 2 heteroatoms. The topological polar surface area (TPSA) is 40.5 Å². The predicted octanol–water partition coefficient (Wildman–Crippen LogP) is 1.72. The molecule has 0 heterocycles. The summed E-state index contributed by atoms with van der Waals surface area (Å²) in [6, 6.07) is 0. The molecular weight excluding hydrogens is 164 g/mol. The fourth-order valence-corrected chi connectivity index (χ4v) is 1.97. The van der Waals surface area contributed by atoms with Crippen LogP contribution in [-0.2, 0) is 0 Å². The van der Waals surface area contributed by atoms with E-state index >= 15 is 0 Å². The molecule has 0 saturated heterocycles. The van der Waals surface area contributed by atoms with E-state index in [1.807, 2.05) is 0 Å². The third-order valence-electron chi connectivity index (χ3n) is 3.04. The van der Waals surface area contributed by atoms with Crippen LogP contribution >= 0.6 is 0 Å². The van der Waals surface area contributed by atoms with Crippen LogP contribution in [0.1, 0.15) is 33.6 Å². The Bertz CT molecular complexity index is 206. The summed E-state index contributed by atoms with van der Waals surface area (Å²) < 4.78 is 0. The SMILES string of the molecule is CC1=CCC(C)(C)C(O)[C@@H](CO)C1. The summed E-state index contributed by atoms with van der Waals surface area (Å²) >= 11 is 0. The third kappa shape index (κ3) is 2.32. The Morgan fingerprint density at radius 2 is 2.15 bits per heavy atom. The Labute approximate surface area is 80.3 Å². The minimum Gasteiger partial charge on any atom is -0.396 e. The number of allylic oxidation sites excluding steroid dienone is 2. The lowest BCUT2D eigenvalue weighted by molar-refractivity contribution is -0.0137. The van der Waals surface area contributed by atoms with Gasteiger partial charge in [0.05, 0.1) is 6.10 Å². The van der Waals surface area contributed by atoms with Gasteiger partial charge in [-0.15, -0.1) is 0 Å². The Hall–Kier alpha value is -0.340. The fourth-order valence-electron chi connectivity index (χ4n) is 1.97. The zero-order chi connectivity index (χ0) is 10.1. The molecule has 0 saturated carbocycles. The second-order valence-electron chi connectivity index (χ2n) is 4.83. The lowest BCUT2D eigenvalue weighted by atomic mass is 9.78. The van der Waals surface area contributed by atoms with Crippen molar-refractivity contribution < 1.29 is 10.2 Å². The molecule has 2 atom stereocenters. The summed E-state index contributed by atoms with van der Waals surface area (Å²) in [6.07, 6.45) is 3.50. The molecule has 1 aliphatic carbocycles. The van der Waals surface area contributed by atoms with Gasteiger partial charge in [-0.3, -0.25) is 0 Å². The molecule has 2 N–H and O–H groups in total. The van der Waals surface area contributed by atoms with Gasteiger partial charge in [0.15, 0.2) is 0 Å². The van der Waals surface area contributed by atoms with Crippen molar-refractivity contribution in [1.82, 2.24) is 0 Å². The van der Waals surface area contributed by atoms with Crippen molar-refractivity contribution in [2.75, 3.05) is 6.61 Å². The van der Waals surface area contributed by atoms with Gasteiger partial charge in [-0.05, 0) is 25.2 Å². The first kappa shape index (κ1) is 10.7. The van der Waals surface area contributed by atoms with Gasteiger partial charge in [-0.1, -0.05) is 25.5 Å². The van der Waals surface area contributed by atoms with Crippen LogP contribution in [-0.4, -0.2) is 22.9 Å². The lowest BCUT2D eigenvalue weighted by Crippen LogP contribution is -2.36. The molecule has 1 rings (SSSR count). The van der Waals surface area contributed by atoms with E-state index in [4.69, 9.17) is 5.11 Å². The first-order chi connectivity index (χ1) is 5.97. The van der Waals surface area contributed by atoms with Gasteiger partial charge in [-0.25, -0.2) is 0 Å². The molecule has 1 unspecified atom stereocenters. The molecule has 76 valence electrons. The number of hydrogen-bond acceptors (Lipinski definition) is 2. The van der Waals surface area contributed by atoms with Gasteiger partial charge in [0.1, 0.15) is 0 Å². The van der Waals surface area contributed by atoms with E-state index in [0.717, 1.165) is 12.8 Å². The van der Waals surface area contributed by atoms with E-state index in [1.165, 1.54) is 5.57 Å². The maximum absolute atomic E-state index is 10.0. The van der Waals surface area contributed by atoms with Gasteiger partial charge in [0, 0.05) is 12.5 Å². The highest BCUT2D eigenvalue weighted by Crippen LogP contribution is 2.36. The minimum absolute atomic E-state index is 0.00810. The average molecular weight is 184 g/mol. The van der Waals surface area contributed by atoms with Crippen molar-refractivity contribution in [3.8, 4) is 0 Å². The Kier molecular flexibility index (Phi) is 3.14. The van der Waals surface area contributed by atoms with Gasteiger partial charge in [0.2, 0.25) is 0 Å². The molecule has 0 aromatic carbocycles. The zero-order valence-corrected chi connectivity index (χ0v) is 8.75. The number of aliphatic hydroxyl groups excluding tert-OH is 2. The van der Waals surface area contributed by atoms with E-state index in [1.54, 1.807) is 0 Å². The standard InChI is InChI=1S/C11H20O2/c1-8-4-5-11(2,3)10(13)9(6-8)7-12/h4,9-10,12-13H,5-7H2,1-3H3/t9-,10?/m1/s1. The second-order valence-corrected chi connectivity index (χ2v) is 4.83. The molecule has 2 nitrogen and oxygen atoms in total. The van der Waals surface area contributed by atoms with Crippen LogP contribution in [0.4, 0.5) is 0 Å². The molecule has 0 radical (unpaired) electrons. The van der Waals surface area contributed by atoms with E-state index < -0.39 is 6.10 Å². The van der Waals surface area contributed by atoms with Crippen molar-refractivity contribution in [1.29, 1.82) is 0 Å². The molecule has 0 aliphatic heterocycles. The van der Waals surface area contributed by atoms with Crippen LogP contribution in [0.3, 0.4) is 0 Å². The summed E-state index contributed by atoms with van der Waals surface area (Å²) in [7, 11) is 0. The van der Waals surface area contributed by atoms with Crippen molar-refractivity contribution in [3.63, 3.8) is 0 Å². The average Bonchev–Trinajstić information content (AvgIpc) is 2.17. The normalized spacial score (nSPS) is 33.8. The fraction of sp³-hybridized carbons (Fsp3) is 0.818. The van der Waals surface area contributed by atoms with Crippen molar-refractivity contribution in [2.24, 2.45) is 11.3 Å². The first-order valence-electron chi connectivity index (χ1n) is 4.92. The number of hydrogen-bond donors (Lipinski definition) is 2. The molecular formula is C11H20O2. The Balaban J connectivity index is 2.84. The molecule has 1 aliphatic rings. The smallest absolute Gasteiger partial charge is 0.0647 e. The molecule has 0 spiro atoms. The Morgan fingerprint density at radius 3 is 2.69 bits per heavy atom.